The van der Waals surface area contributed by atoms with Crippen LogP contribution in [0.2, 0.25) is 0 Å². The minimum Gasteiger partial charge on any atom is -0.396 e. The molecule has 0 aromatic carbocycles. The monoisotopic (exact) mass is 712 g/mol. The second kappa shape index (κ2) is 16.7. The zero-order valence-corrected chi connectivity index (χ0v) is 30.6. The molecule has 0 bridgehead atoms. The molecule has 12 nitrogen and oxygen atoms in total. The zero-order valence-electron chi connectivity index (χ0n) is 29.8. The number of aliphatic hydroxyl groups excluding tert-OH is 1. The van der Waals surface area contributed by atoms with E-state index in [9.17, 15) is 19.2 Å². The van der Waals surface area contributed by atoms with Gasteiger partial charge in [-0.1, -0.05) is 20.8 Å². The van der Waals surface area contributed by atoms with Crippen molar-refractivity contribution in [1.29, 1.82) is 0 Å². The molecule has 3 N–H and O–H groups in total. The number of hydrogen-bond donors (Lipinski definition) is 2. The number of ether oxygens (including phenoxy) is 1. The van der Waals surface area contributed by atoms with Crippen LogP contribution in [0, 0.1) is 28.6 Å². The Hall–Kier alpha value is -3.42. The predicted molar refractivity (Wildman–Crippen MR) is 192 cm³/mol. The molecule has 4 amide bonds. The number of nitrogens with zero attached hydrogens (tertiary/aromatic N) is 5. The lowest BCUT2D eigenvalue weighted by Crippen LogP contribution is -2.64. The third kappa shape index (κ3) is 9.08. The average Bonchev–Trinajstić information content (AvgIpc) is 3.48. The number of aromatic nitrogens is 2. The first-order valence-corrected chi connectivity index (χ1v) is 19.0. The van der Waals surface area contributed by atoms with Gasteiger partial charge in [-0.2, -0.15) is 0 Å². The Bertz CT molecular complexity index is 1440. The fraction of sp³-hybridized carbons (Fsp3) is 0.676. The van der Waals surface area contributed by atoms with Gasteiger partial charge in [0.15, 0.2) is 0 Å². The molecular formula is C37H56N6O6S. The standard InChI is InChI=1S/C17H22N4O3S.C14H20N2O.C6H12O2.H2/c1-16(2)3-10(16)14(23)21-7-17(8-21)6-20(5-11(17)13(18)22)15(24)12-4-19-9-25-12;1-2-3-14(17)16-10-6-13(7-11-16)12-4-8-15-9-5-12;7-5-6-1-3-8-4-2-6;/h4,9-11H,3,5-8H2,1-2H3,(H2,18,22);4-5,8-9,13H,2-3,6-7,10-11H2,1H3;6-7H,1-5H2;1H/t10-,11+;;;/m1.../s1. The Kier molecular flexibility index (Phi) is 12.7. The second-order valence-corrected chi connectivity index (χ2v) is 16.1. The van der Waals surface area contributed by atoms with Gasteiger partial charge >= 0.3 is 0 Å². The summed E-state index contributed by atoms with van der Waals surface area (Å²) in [6, 6.07) is 4.18. The SMILES string of the molecule is CC1(C)C[C@@H]1C(=O)N1CC2(CN(C(=O)c3cncs3)C[C@H]2C(N)=O)C1.CCCC(=O)N1CCC(c2ccncc2)CC1.OCC1CCOCC1.[HH]. The topological polar surface area (TPSA) is 159 Å². The highest BCUT2D eigenvalue weighted by Gasteiger charge is 2.61. The van der Waals surface area contributed by atoms with Crippen LogP contribution in [0.25, 0.3) is 0 Å². The number of carbonyl (C=O) groups is 4. The largest absolute Gasteiger partial charge is 0.396 e. The highest BCUT2D eigenvalue weighted by Crippen LogP contribution is 2.54. The first-order chi connectivity index (χ1) is 24.0. The number of likely N-dealkylation sites (tertiary alicyclic amines) is 3. The zero-order chi connectivity index (χ0) is 35.9. The van der Waals surface area contributed by atoms with E-state index < -0.39 is 11.8 Å². The van der Waals surface area contributed by atoms with Crippen molar-refractivity contribution in [2.45, 2.75) is 71.6 Å². The number of primary amides is 1. The molecule has 0 radical (unpaired) electrons. The highest BCUT2D eigenvalue weighted by molar-refractivity contribution is 7.11. The van der Waals surface area contributed by atoms with Gasteiger partial charge in [0.2, 0.25) is 17.7 Å². The number of thiazole rings is 1. The summed E-state index contributed by atoms with van der Waals surface area (Å²) in [6.45, 7) is 11.9. The first kappa shape index (κ1) is 37.8. The maximum Gasteiger partial charge on any atom is 0.265 e. The van der Waals surface area contributed by atoms with E-state index in [0.29, 0.717) is 61.8 Å². The molecule has 5 fully saturated rings. The quantitative estimate of drug-likeness (QED) is 0.439. The van der Waals surface area contributed by atoms with Gasteiger partial charge < -0.3 is 30.3 Å². The minimum absolute atomic E-state index is 0. The molecule has 2 aromatic heterocycles. The van der Waals surface area contributed by atoms with Crippen molar-refractivity contribution in [3.05, 3.63) is 46.7 Å². The molecule has 7 rings (SSSR count). The van der Waals surface area contributed by atoms with Crippen molar-refractivity contribution in [3.63, 3.8) is 0 Å². The van der Waals surface area contributed by atoms with E-state index in [0.717, 1.165) is 64.8 Å². The molecule has 50 heavy (non-hydrogen) atoms. The van der Waals surface area contributed by atoms with Gasteiger partial charge in [-0.25, -0.2) is 0 Å². The van der Waals surface area contributed by atoms with Crippen LogP contribution in [-0.4, -0.2) is 112 Å². The van der Waals surface area contributed by atoms with Gasteiger partial charge in [-0.05, 0) is 73.5 Å². The van der Waals surface area contributed by atoms with Crippen LogP contribution in [0.1, 0.15) is 88.3 Å². The van der Waals surface area contributed by atoms with Crippen molar-refractivity contribution >= 4 is 35.0 Å². The summed E-state index contributed by atoms with van der Waals surface area (Å²) in [6.07, 6.45) is 12.1. The molecule has 0 unspecified atom stereocenters. The summed E-state index contributed by atoms with van der Waals surface area (Å²) < 4.78 is 5.09. The van der Waals surface area contributed by atoms with E-state index in [4.69, 9.17) is 15.6 Å². The number of piperidine rings is 1. The predicted octanol–water partition coefficient (Wildman–Crippen LogP) is 3.81. The molecule has 2 atom stereocenters. The van der Waals surface area contributed by atoms with Crippen molar-refractivity contribution < 1.29 is 30.4 Å². The molecule has 4 saturated heterocycles. The van der Waals surface area contributed by atoms with Gasteiger partial charge in [0.25, 0.3) is 5.91 Å². The highest BCUT2D eigenvalue weighted by atomic mass is 32.1. The van der Waals surface area contributed by atoms with E-state index in [-0.39, 0.29) is 30.0 Å². The first-order valence-electron chi connectivity index (χ1n) is 18.1. The van der Waals surface area contributed by atoms with Gasteiger partial charge in [-0.15, -0.1) is 11.3 Å². The van der Waals surface area contributed by atoms with Crippen molar-refractivity contribution in [2.24, 2.45) is 34.3 Å². The number of pyridine rings is 1. The summed E-state index contributed by atoms with van der Waals surface area (Å²) in [5.74, 6) is 0.796. The van der Waals surface area contributed by atoms with E-state index in [1.54, 1.807) is 16.6 Å². The Labute approximate surface area is 301 Å². The van der Waals surface area contributed by atoms with E-state index in [1.807, 2.05) is 22.2 Å². The van der Waals surface area contributed by atoms with Crippen LogP contribution in [0.4, 0.5) is 0 Å². The lowest BCUT2D eigenvalue weighted by molar-refractivity contribution is -0.150. The van der Waals surface area contributed by atoms with E-state index >= 15 is 0 Å². The van der Waals surface area contributed by atoms with Gasteiger partial charge in [0.1, 0.15) is 4.88 Å². The van der Waals surface area contributed by atoms with Crippen LogP contribution >= 0.6 is 11.3 Å². The average molecular weight is 713 g/mol. The molecule has 1 spiro atoms. The van der Waals surface area contributed by atoms with Gasteiger partial charge in [0, 0.05) is 90.7 Å². The molecule has 5 aliphatic rings. The van der Waals surface area contributed by atoms with E-state index in [2.05, 4.69) is 42.9 Å². The van der Waals surface area contributed by atoms with E-state index in [1.165, 1.54) is 16.9 Å². The number of amides is 4. The summed E-state index contributed by atoms with van der Waals surface area (Å²) in [4.78, 5) is 62.9. The number of rotatable bonds is 7. The van der Waals surface area contributed by atoms with Crippen LogP contribution in [0.5, 0.6) is 0 Å². The van der Waals surface area contributed by atoms with Crippen LogP contribution in [-0.2, 0) is 19.1 Å². The third-order valence-corrected chi connectivity index (χ3v) is 11.9. The normalized spacial score (nSPS) is 24.0. The van der Waals surface area contributed by atoms with Crippen LogP contribution in [0.3, 0.4) is 0 Å². The summed E-state index contributed by atoms with van der Waals surface area (Å²) in [5, 5.41) is 8.64. The molecule has 2 aromatic rings. The smallest absolute Gasteiger partial charge is 0.265 e. The second-order valence-electron chi connectivity index (χ2n) is 15.2. The van der Waals surface area contributed by atoms with Crippen LogP contribution in [0.15, 0.2) is 36.2 Å². The maximum absolute atomic E-state index is 12.6. The summed E-state index contributed by atoms with van der Waals surface area (Å²) in [5.41, 5.74) is 8.29. The van der Waals surface area contributed by atoms with Crippen molar-refractivity contribution in [1.82, 2.24) is 24.7 Å². The van der Waals surface area contributed by atoms with Gasteiger partial charge in [0.05, 0.1) is 17.6 Å². The summed E-state index contributed by atoms with van der Waals surface area (Å²) in [7, 11) is 0. The molecule has 276 valence electrons. The Morgan fingerprint density at radius 1 is 0.980 bits per heavy atom. The lowest BCUT2D eigenvalue weighted by atomic mass is 9.71. The minimum atomic E-state index is -0.402. The Morgan fingerprint density at radius 3 is 2.14 bits per heavy atom. The molecule has 6 heterocycles. The molecule has 4 aliphatic heterocycles. The lowest BCUT2D eigenvalue weighted by Gasteiger charge is -2.50. The Balaban J connectivity index is 0.000000194. The number of hydrogen-bond acceptors (Lipinski definition) is 9. The number of carbonyl (C=O) groups excluding carboxylic acids is 4. The van der Waals surface area contributed by atoms with Crippen LogP contribution < -0.4 is 5.73 Å². The third-order valence-electron chi connectivity index (χ3n) is 11.1. The number of aliphatic hydroxyl groups is 1. The maximum atomic E-state index is 12.6. The summed E-state index contributed by atoms with van der Waals surface area (Å²) >= 11 is 1.29. The molecule has 13 heteroatoms. The van der Waals surface area contributed by atoms with Crippen molar-refractivity contribution in [2.75, 3.05) is 59.1 Å². The Morgan fingerprint density at radius 2 is 1.62 bits per heavy atom. The van der Waals surface area contributed by atoms with Gasteiger partial charge in [-0.3, -0.25) is 29.1 Å². The molecule has 1 aliphatic carbocycles. The molecular weight excluding hydrogens is 657 g/mol. The fourth-order valence-electron chi connectivity index (χ4n) is 7.69. The molecule has 1 saturated carbocycles. The number of nitrogens with two attached hydrogens (primary N) is 1. The fourth-order valence-corrected chi connectivity index (χ4v) is 8.28. The van der Waals surface area contributed by atoms with Crippen molar-refractivity contribution in [3.8, 4) is 0 Å².